The van der Waals surface area contributed by atoms with E-state index in [1.807, 2.05) is 36.0 Å². The lowest BCUT2D eigenvalue weighted by Gasteiger charge is -2.45. The molecule has 54 heavy (non-hydrogen) atoms. The van der Waals surface area contributed by atoms with Crippen LogP contribution < -0.4 is 29.9 Å². The van der Waals surface area contributed by atoms with E-state index in [1.54, 1.807) is 12.1 Å². The number of ether oxygens (including phenoxy) is 4. The lowest BCUT2D eigenvalue weighted by molar-refractivity contribution is -0.160. The standard InChI is InChI=1S/C38H44Br2N6O8/c1-43-19-33(53-35-25(13-23(39)15-29(35)43)37(49)41-27-17-45-9-5-21(27)6-10-45)51-31(47)3-4-32(48)52-34-20-44(2)30-16-24(40)14-26(36(30)54-34)38(50)42-28-18-46-11-7-22(28)8-12-46/h3-4,13-16,21-22,27-28,33-34H,5-12,17-20H2,1-2H3,(H,41,49)(H,42,50)/b4-3+. The zero-order chi connectivity index (χ0) is 37.7. The van der Waals surface area contributed by atoms with Gasteiger partial charge in [-0.2, -0.15) is 0 Å². The van der Waals surface area contributed by atoms with Gasteiger partial charge in [0, 0.05) is 60.4 Å². The number of nitrogens with zero attached hydrogens (tertiary/aromatic N) is 4. The number of amides is 2. The van der Waals surface area contributed by atoms with Gasteiger partial charge in [0.05, 0.1) is 35.6 Å². The molecule has 2 aromatic carbocycles. The molecule has 8 aliphatic rings. The summed E-state index contributed by atoms with van der Waals surface area (Å²) in [6.45, 7) is 6.31. The average molecular weight is 873 g/mol. The van der Waals surface area contributed by atoms with Crippen molar-refractivity contribution in [3.8, 4) is 11.5 Å². The van der Waals surface area contributed by atoms with Crippen LogP contribution in [0.5, 0.6) is 11.5 Å². The molecule has 2 N–H and O–H groups in total. The zero-order valence-electron chi connectivity index (χ0n) is 30.2. The van der Waals surface area contributed by atoms with E-state index in [-0.39, 0.29) is 37.0 Å². The Morgan fingerprint density at radius 3 is 1.39 bits per heavy atom. The lowest BCUT2D eigenvalue weighted by Crippen LogP contribution is -2.57. The molecule has 10 rings (SSSR count). The quantitative estimate of drug-likeness (QED) is 0.297. The predicted molar refractivity (Wildman–Crippen MR) is 206 cm³/mol. The number of carbonyl (C=O) groups is 4. The monoisotopic (exact) mass is 870 g/mol. The molecule has 2 aromatic rings. The van der Waals surface area contributed by atoms with Crippen LogP contribution in [0.3, 0.4) is 0 Å². The van der Waals surface area contributed by atoms with E-state index in [0.717, 1.165) is 86.0 Å². The third-order valence-electron chi connectivity index (χ3n) is 11.5. The van der Waals surface area contributed by atoms with Gasteiger partial charge in [-0.05, 0) is 88.0 Å². The lowest BCUT2D eigenvalue weighted by atomic mass is 9.84. The maximum atomic E-state index is 13.6. The molecule has 0 aliphatic carbocycles. The van der Waals surface area contributed by atoms with Crippen LogP contribution in [0.4, 0.5) is 11.4 Å². The van der Waals surface area contributed by atoms with Crippen LogP contribution in [0, 0.1) is 11.8 Å². The molecule has 8 aliphatic heterocycles. The summed E-state index contributed by atoms with van der Waals surface area (Å²) in [5.74, 6) is -0.621. The maximum absolute atomic E-state index is 13.6. The minimum absolute atomic E-state index is 0.0622. The molecule has 0 aromatic heterocycles. The van der Waals surface area contributed by atoms with Gasteiger partial charge >= 0.3 is 11.9 Å². The minimum Gasteiger partial charge on any atom is -0.450 e. The van der Waals surface area contributed by atoms with Crippen LogP contribution in [-0.2, 0) is 19.1 Å². The van der Waals surface area contributed by atoms with Gasteiger partial charge < -0.3 is 49.2 Å². The minimum atomic E-state index is -1.04. The molecule has 0 saturated carbocycles. The van der Waals surface area contributed by atoms with E-state index in [1.165, 1.54) is 0 Å². The summed E-state index contributed by atoms with van der Waals surface area (Å²) in [4.78, 5) is 61.5. The molecule has 4 unspecified atom stereocenters. The fourth-order valence-electron chi connectivity index (χ4n) is 8.64. The number of likely N-dealkylation sites (N-methyl/N-ethyl adjacent to an activating group) is 2. The molecule has 4 atom stereocenters. The Bertz CT molecular complexity index is 1730. The van der Waals surface area contributed by atoms with E-state index in [9.17, 15) is 19.2 Å². The fourth-order valence-corrected chi connectivity index (χ4v) is 9.53. The van der Waals surface area contributed by atoms with Gasteiger partial charge in [0.2, 0.25) is 0 Å². The van der Waals surface area contributed by atoms with Crippen molar-refractivity contribution in [2.24, 2.45) is 11.8 Å². The Kier molecular flexibility index (Phi) is 10.5. The normalized spacial score (nSPS) is 29.4. The molecular formula is C38H44Br2N6O8. The number of carbonyl (C=O) groups excluding carboxylic acids is 4. The largest absolute Gasteiger partial charge is 0.450 e. The number of nitrogens with one attached hydrogen (secondary N) is 2. The SMILES string of the molecule is CN1CC(OC(=O)/C=C/C(=O)OC2CN(C)c3cc(Br)cc(C(=O)NC4CN5CCC4CC5)c3O2)Oc2c(C(=O)NC3CN4CCC3CC4)cc(Br)cc21. The van der Waals surface area contributed by atoms with Crippen LogP contribution in [0.15, 0.2) is 45.4 Å². The molecule has 288 valence electrons. The molecule has 0 spiro atoms. The van der Waals surface area contributed by atoms with E-state index in [4.69, 9.17) is 18.9 Å². The fraction of sp³-hybridized carbons (Fsp3) is 0.526. The van der Waals surface area contributed by atoms with Gasteiger partial charge in [-0.3, -0.25) is 9.59 Å². The number of rotatable bonds is 8. The first-order chi connectivity index (χ1) is 26.0. The van der Waals surface area contributed by atoms with Gasteiger partial charge in [-0.1, -0.05) is 31.9 Å². The van der Waals surface area contributed by atoms with Gasteiger partial charge in [0.15, 0.2) is 11.5 Å². The van der Waals surface area contributed by atoms with Gasteiger partial charge in [-0.25, -0.2) is 9.59 Å². The second-order valence-corrected chi connectivity index (χ2v) is 16.9. The van der Waals surface area contributed by atoms with Gasteiger partial charge in [0.1, 0.15) is 0 Å². The van der Waals surface area contributed by atoms with Crippen molar-refractivity contribution in [1.82, 2.24) is 20.4 Å². The Hall–Kier alpha value is -3.86. The van der Waals surface area contributed by atoms with Crippen molar-refractivity contribution in [2.75, 3.05) is 76.3 Å². The van der Waals surface area contributed by atoms with E-state index < -0.39 is 24.5 Å². The Labute approximate surface area is 330 Å². The molecule has 8 heterocycles. The van der Waals surface area contributed by atoms with Crippen LogP contribution >= 0.6 is 31.9 Å². The van der Waals surface area contributed by atoms with E-state index >= 15 is 0 Å². The van der Waals surface area contributed by atoms with E-state index in [0.29, 0.717) is 45.8 Å². The third-order valence-corrected chi connectivity index (χ3v) is 12.4. The predicted octanol–water partition coefficient (Wildman–Crippen LogP) is 3.51. The summed E-state index contributed by atoms with van der Waals surface area (Å²) in [5, 5.41) is 6.43. The first-order valence-electron chi connectivity index (χ1n) is 18.6. The van der Waals surface area contributed by atoms with Crippen molar-refractivity contribution < 1.29 is 38.1 Å². The molecule has 6 fully saturated rings. The molecule has 4 bridgehead atoms. The Balaban J connectivity index is 0.885. The molecule has 16 heteroatoms. The second kappa shape index (κ2) is 15.3. The first kappa shape index (κ1) is 37.1. The highest BCUT2D eigenvalue weighted by Crippen LogP contribution is 2.41. The highest BCUT2D eigenvalue weighted by atomic mass is 79.9. The van der Waals surface area contributed by atoms with Crippen LogP contribution in [0.1, 0.15) is 46.4 Å². The molecule has 6 saturated heterocycles. The molecule has 2 amide bonds. The van der Waals surface area contributed by atoms with Crippen LogP contribution in [-0.4, -0.2) is 125 Å². The van der Waals surface area contributed by atoms with Crippen LogP contribution in [0.25, 0.3) is 0 Å². The summed E-state index contributed by atoms with van der Waals surface area (Å²) in [6, 6.07) is 7.24. The summed E-state index contributed by atoms with van der Waals surface area (Å²) in [7, 11) is 3.64. The number of hydrogen-bond donors (Lipinski definition) is 2. The summed E-state index contributed by atoms with van der Waals surface area (Å²) in [6.07, 6.45) is 4.11. The second-order valence-electron chi connectivity index (χ2n) is 15.1. The molecule has 0 radical (unpaired) electrons. The average Bonchev–Trinajstić information content (AvgIpc) is 3.15. The summed E-state index contributed by atoms with van der Waals surface area (Å²) < 4.78 is 24.8. The smallest absolute Gasteiger partial charge is 0.334 e. The highest BCUT2D eigenvalue weighted by molar-refractivity contribution is 9.10. The Morgan fingerprint density at radius 1 is 0.648 bits per heavy atom. The van der Waals surface area contributed by atoms with Crippen molar-refractivity contribution >= 4 is 67.0 Å². The highest BCUT2D eigenvalue weighted by Gasteiger charge is 2.38. The number of fused-ring (bicyclic) bond motifs is 8. The molecule has 14 nitrogen and oxygen atoms in total. The Morgan fingerprint density at radius 2 is 1.04 bits per heavy atom. The topological polar surface area (TPSA) is 142 Å². The first-order valence-corrected chi connectivity index (χ1v) is 20.1. The van der Waals surface area contributed by atoms with Gasteiger partial charge in [0.25, 0.3) is 24.4 Å². The summed E-state index contributed by atoms with van der Waals surface area (Å²) >= 11 is 7.05. The van der Waals surface area contributed by atoms with Gasteiger partial charge in [-0.15, -0.1) is 0 Å². The summed E-state index contributed by atoms with van der Waals surface area (Å²) in [5.41, 5.74) is 2.05. The van der Waals surface area contributed by atoms with Crippen molar-refractivity contribution in [2.45, 2.75) is 50.3 Å². The van der Waals surface area contributed by atoms with Crippen LogP contribution in [0.2, 0.25) is 0 Å². The number of hydrogen-bond acceptors (Lipinski definition) is 12. The number of piperidine rings is 6. The van der Waals surface area contributed by atoms with E-state index in [2.05, 4.69) is 52.3 Å². The number of anilines is 2. The number of halogens is 2. The zero-order valence-corrected chi connectivity index (χ0v) is 33.4. The van der Waals surface area contributed by atoms with Crippen molar-refractivity contribution in [3.63, 3.8) is 0 Å². The van der Waals surface area contributed by atoms with Crippen molar-refractivity contribution in [3.05, 3.63) is 56.5 Å². The number of esters is 2. The number of benzene rings is 2. The third kappa shape index (κ3) is 7.80. The van der Waals surface area contributed by atoms with Crippen molar-refractivity contribution in [1.29, 1.82) is 0 Å². The molecular weight excluding hydrogens is 828 g/mol. The maximum Gasteiger partial charge on any atom is 0.334 e.